The smallest absolute Gasteiger partial charge is 0.322 e. The molecule has 16 heteroatoms. The summed E-state index contributed by atoms with van der Waals surface area (Å²) in [5.74, 6) is -2.28. The molecule has 12 nitrogen and oxygen atoms in total. The van der Waals surface area contributed by atoms with Gasteiger partial charge in [0.1, 0.15) is 18.1 Å². The second-order valence-electron chi connectivity index (χ2n) is 8.08. The van der Waals surface area contributed by atoms with Crippen molar-refractivity contribution in [1.82, 2.24) is 15.3 Å². The van der Waals surface area contributed by atoms with Crippen molar-refractivity contribution < 1.29 is 26.9 Å². The van der Waals surface area contributed by atoms with Gasteiger partial charge in [-0.1, -0.05) is 11.6 Å². The lowest BCUT2D eigenvalue weighted by Gasteiger charge is -2.25. The second kappa shape index (κ2) is 9.08. The number of anilines is 4. The Morgan fingerprint density at radius 2 is 1.76 bits per heavy atom. The predicted octanol–water partition coefficient (Wildman–Crippen LogP) is 3.34. The van der Waals surface area contributed by atoms with E-state index in [0.717, 1.165) is 24.5 Å². The number of fused-ring (bicyclic) bond motifs is 1. The normalized spacial score (nSPS) is 15.1. The average molecular weight is 552 g/mol. The van der Waals surface area contributed by atoms with E-state index in [2.05, 4.69) is 15.3 Å². The lowest BCUT2D eigenvalue weighted by atomic mass is 10.1. The van der Waals surface area contributed by atoms with Crippen molar-refractivity contribution in [2.45, 2.75) is 11.3 Å². The van der Waals surface area contributed by atoms with E-state index in [1.165, 1.54) is 17.0 Å². The number of halogens is 3. The molecule has 37 heavy (non-hydrogen) atoms. The van der Waals surface area contributed by atoms with Crippen LogP contribution in [0.25, 0.3) is 0 Å². The Morgan fingerprint density at radius 1 is 1.08 bits per heavy atom. The van der Waals surface area contributed by atoms with Crippen molar-refractivity contribution in [3.63, 3.8) is 0 Å². The number of nitrogens with one attached hydrogen (secondary N) is 2. The first kappa shape index (κ1) is 24.6. The minimum atomic E-state index is -4.52. The van der Waals surface area contributed by atoms with Crippen molar-refractivity contribution in [3.8, 4) is 0 Å². The van der Waals surface area contributed by atoms with Crippen molar-refractivity contribution in [2.24, 2.45) is 0 Å². The number of aromatic nitrogens is 2. The second-order valence-corrected chi connectivity index (χ2v) is 10.2. The molecular formula is C21H16ClF2N7O5S. The van der Waals surface area contributed by atoms with Gasteiger partial charge in [0.25, 0.3) is 10.0 Å². The largest absolute Gasteiger partial charge is 0.336 e. The van der Waals surface area contributed by atoms with Gasteiger partial charge in [-0.3, -0.25) is 19.7 Å². The van der Waals surface area contributed by atoms with Crippen molar-refractivity contribution in [3.05, 3.63) is 69.0 Å². The molecule has 5 rings (SSSR count). The van der Waals surface area contributed by atoms with Gasteiger partial charge >= 0.3 is 11.7 Å². The Labute approximate surface area is 213 Å². The van der Waals surface area contributed by atoms with Gasteiger partial charge in [0.05, 0.1) is 21.2 Å². The van der Waals surface area contributed by atoms with Crippen LogP contribution in [-0.4, -0.2) is 49.0 Å². The number of hydrogen-bond acceptors (Lipinski definition) is 8. The van der Waals surface area contributed by atoms with E-state index in [1.54, 1.807) is 4.90 Å². The topological polar surface area (TPSA) is 151 Å². The van der Waals surface area contributed by atoms with Crippen LogP contribution < -0.4 is 19.8 Å². The molecule has 2 aromatic carbocycles. The number of nitro groups is 1. The standard InChI is InChI=1S/C21H16ClF2N7O5S/c22-12-6-15(23)18(16(24)7-12)28-37(35,36)14-5-11-1-3-30(20-26-9-13(10-27-20)31(33)34)19(11)17(8-14)29-4-2-25-21(29)32/h5-10,28H,1-4H2,(H,25,32). The molecule has 0 atom stereocenters. The first-order chi connectivity index (χ1) is 17.5. The number of sulfonamides is 1. The summed E-state index contributed by atoms with van der Waals surface area (Å²) in [4.78, 5) is 33.6. The highest BCUT2D eigenvalue weighted by atomic mass is 35.5. The maximum absolute atomic E-state index is 14.3. The highest BCUT2D eigenvalue weighted by molar-refractivity contribution is 7.92. The molecule has 0 radical (unpaired) electrons. The highest BCUT2D eigenvalue weighted by Crippen LogP contribution is 2.43. The molecule has 1 fully saturated rings. The van der Waals surface area contributed by atoms with Crippen LogP contribution in [0.5, 0.6) is 0 Å². The van der Waals surface area contributed by atoms with E-state index in [9.17, 15) is 32.1 Å². The minimum absolute atomic E-state index is 0.115. The zero-order valence-corrected chi connectivity index (χ0v) is 20.2. The summed E-state index contributed by atoms with van der Waals surface area (Å²) in [6.07, 6.45) is 2.40. The molecule has 192 valence electrons. The molecule has 3 heterocycles. The maximum Gasteiger partial charge on any atom is 0.322 e. The molecule has 0 unspecified atom stereocenters. The van der Waals surface area contributed by atoms with Crippen LogP contribution in [0.2, 0.25) is 5.02 Å². The summed E-state index contributed by atoms with van der Waals surface area (Å²) in [5, 5.41) is 13.4. The van der Waals surface area contributed by atoms with Gasteiger partial charge in [-0.25, -0.2) is 32.0 Å². The van der Waals surface area contributed by atoms with E-state index in [1.807, 2.05) is 4.72 Å². The summed E-state index contributed by atoms with van der Waals surface area (Å²) in [7, 11) is -4.52. The van der Waals surface area contributed by atoms with E-state index < -0.39 is 38.3 Å². The fourth-order valence-corrected chi connectivity index (χ4v) is 5.48. The lowest BCUT2D eigenvalue weighted by molar-refractivity contribution is -0.385. The number of benzene rings is 2. The highest BCUT2D eigenvalue weighted by Gasteiger charge is 2.34. The Morgan fingerprint density at radius 3 is 2.35 bits per heavy atom. The van der Waals surface area contributed by atoms with E-state index >= 15 is 0 Å². The quantitative estimate of drug-likeness (QED) is 0.350. The Kier molecular flexibility index (Phi) is 6.03. The monoisotopic (exact) mass is 551 g/mol. The summed E-state index contributed by atoms with van der Waals surface area (Å²) in [5.41, 5.74) is -0.0718. The van der Waals surface area contributed by atoms with Gasteiger partial charge in [0.2, 0.25) is 5.95 Å². The average Bonchev–Trinajstić information content (AvgIpc) is 3.47. The first-order valence-corrected chi connectivity index (χ1v) is 12.5. The zero-order valence-electron chi connectivity index (χ0n) is 18.6. The van der Waals surface area contributed by atoms with Gasteiger partial charge < -0.3 is 10.2 Å². The number of nitrogens with zero attached hydrogens (tertiary/aromatic N) is 5. The number of hydrogen-bond donors (Lipinski definition) is 2. The summed E-state index contributed by atoms with van der Waals surface area (Å²) in [6, 6.07) is 3.60. The molecule has 2 aliphatic heterocycles. The molecule has 1 aromatic heterocycles. The summed E-state index contributed by atoms with van der Waals surface area (Å²) < 4.78 is 56.9. The summed E-state index contributed by atoms with van der Waals surface area (Å²) >= 11 is 5.62. The molecule has 0 saturated carbocycles. The Hall–Kier alpha value is -4.11. The SMILES string of the molecule is O=C1NCCN1c1cc(S(=O)(=O)Nc2c(F)cc(Cl)cc2F)cc2c1N(c1ncc([N+](=O)[O-])cn1)CC2. The Bertz CT molecular complexity index is 1530. The van der Waals surface area contributed by atoms with Gasteiger partial charge in [-0.15, -0.1) is 0 Å². The molecule has 2 aliphatic rings. The van der Waals surface area contributed by atoms with Gasteiger partial charge in [-0.2, -0.15) is 0 Å². The molecular weight excluding hydrogens is 536 g/mol. The van der Waals surface area contributed by atoms with Crippen molar-refractivity contribution in [1.29, 1.82) is 0 Å². The van der Waals surface area contributed by atoms with Crippen LogP contribution >= 0.6 is 11.6 Å². The number of carbonyl (C=O) groups is 1. The van der Waals surface area contributed by atoms with Crippen LogP contribution in [0.15, 0.2) is 41.6 Å². The molecule has 0 aliphatic carbocycles. The molecule has 0 bridgehead atoms. The minimum Gasteiger partial charge on any atom is -0.336 e. The number of urea groups is 1. The van der Waals surface area contributed by atoms with Crippen LogP contribution in [-0.2, 0) is 16.4 Å². The number of rotatable bonds is 6. The lowest BCUT2D eigenvalue weighted by Crippen LogP contribution is -2.30. The number of amides is 2. The summed E-state index contributed by atoms with van der Waals surface area (Å²) in [6.45, 7) is 0.808. The van der Waals surface area contributed by atoms with E-state index in [4.69, 9.17) is 11.6 Å². The molecule has 1 saturated heterocycles. The fraction of sp³-hybridized carbons (Fsp3) is 0.190. The van der Waals surface area contributed by atoms with Gasteiger partial charge in [0.15, 0.2) is 11.6 Å². The maximum atomic E-state index is 14.3. The van der Waals surface area contributed by atoms with Crippen LogP contribution in [0, 0.1) is 21.7 Å². The molecule has 0 spiro atoms. The number of carbonyl (C=O) groups excluding carboxylic acids is 1. The van der Waals surface area contributed by atoms with Crippen LogP contribution in [0.4, 0.5) is 42.3 Å². The van der Waals surface area contributed by atoms with E-state index in [0.29, 0.717) is 24.2 Å². The fourth-order valence-electron chi connectivity index (χ4n) is 4.14. The predicted molar refractivity (Wildman–Crippen MR) is 129 cm³/mol. The van der Waals surface area contributed by atoms with Crippen LogP contribution in [0.3, 0.4) is 0 Å². The molecule has 2 amide bonds. The van der Waals surface area contributed by atoms with Crippen LogP contribution in [0.1, 0.15) is 5.56 Å². The molecule has 3 aromatic rings. The first-order valence-electron chi connectivity index (χ1n) is 10.7. The van der Waals surface area contributed by atoms with Gasteiger partial charge in [0, 0.05) is 24.7 Å². The third-order valence-corrected chi connectivity index (χ3v) is 7.34. The van der Waals surface area contributed by atoms with Crippen molar-refractivity contribution >= 4 is 56.4 Å². The van der Waals surface area contributed by atoms with Gasteiger partial charge in [-0.05, 0) is 36.2 Å². The Balaban J connectivity index is 1.60. The van der Waals surface area contributed by atoms with Crippen molar-refractivity contribution in [2.75, 3.05) is 34.2 Å². The zero-order chi connectivity index (χ0) is 26.5. The molecule has 2 N–H and O–H groups in total. The van der Waals surface area contributed by atoms with E-state index in [-0.39, 0.29) is 40.3 Å². The third kappa shape index (κ3) is 4.46. The third-order valence-electron chi connectivity index (χ3n) is 5.79.